The van der Waals surface area contributed by atoms with Gasteiger partial charge in [-0.3, -0.25) is 14.5 Å². The third-order valence-electron chi connectivity index (χ3n) is 7.72. The maximum atomic E-state index is 12.5. The number of amides is 3. The van der Waals surface area contributed by atoms with Gasteiger partial charge in [-0.05, 0) is 87.1 Å². The molecule has 8 heteroatoms. The number of nitrogens with zero attached hydrogens (tertiary/aromatic N) is 3. The highest BCUT2D eigenvalue weighted by Crippen LogP contribution is 2.41. The fraction of sp³-hybridized carbons (Fsp3) is 0.538. The number of likely N-dealkylation sites (N-methyl/N-ethyl adjacent to an activating group) is 1. The van der Waals surface area contributed by atoms with Crippen LogP contribution < -0.4 is 0 Å². The summed E-state index contributed by atoms with van der Waals surface area (Å²) in [6.07, 6.45) is 6.30. The Balaban J connectivity index is 1.40. The molecule has 3 amide bonds. The summed E-state index contributed by atoms with van der Waals surface area (Å²) < 4.78 is 0. The number of imide groups is 1. The molecule has 1 aromatic rings. The standard InChI is InChI=1S/C26H33N3O5/c1-26(2)24(32)29(25(33)28(26)3)12-6-8-18(23(30)31)15-22(27-34)17-10-11-21-19(14-17)13-16-7-4-5-9-20(16)21/h10-11,14,18,34H,4-9,12-13,15H2,1-3H3,(H,30,31)/t18-/m1/s1. The van der Waals surface area contributed by atoms with Gasteiger partial charge >= 0.3 is 12.0 Å². The van der Waals surface area contributed by atoms with Gasteiger partial charge in [-0.25, -0.2) is 4.79 Å². The summed E-state index contributed by atoms with van der Waals surface area (Å²) in [6.45, 7) is 3.55. The van der Waals surface area contributed by atoms with Crippen molar-refractivity contribution >= 4 is 29.2 Å². The number of hydrogen-bond acceptors (Lipinski definition) is 5. The fourth-order valence-electron chi connectivity index (χ4n) is 5.37. The average Bonchev–Trinajstić information content (AvgIpc) is 3.25. The average molecular weight is 468 g/mol. The van der Waals surface area contributed by atoms with E-state index in [1.165, 1.54) is 44.9 Å². The zero-order valence-corrected chi connectivity index (χ0v) is 20.1. The Labute approximate surface area is 199 Å². The zero-order chi connectivity index (χ0) is 24.6. The van der Waals surface area contributed by atoms with Crippen LogP contribution >= 0.6 is 0 Å². The quantitative estimate of drug-likeness (QED) is 0.256. The lowest BCUT2D eigenvalue weighted by molar-refractivity contribution is -0.141. The Kier molecular flexibility index (Phi) is 6.51. The molecule has 1 atom stereocenters. The Bertz CT molecular complexity index is 1090. The topological polar surface area (TPSA) is 111 Å². The predicted molar refractivity (Wildman–Crippen MR) is 128 cm³/mol. The molecule has 0 aromatic heterocycles. The van der Waals surface area contributed by atoms with Crippen molar-refractivity contribution in [3.63, 3.8) is 0 Å². The van der Waals surface area contributed by atoms with Crippen molar-refractivity contribution in [1.82, 2.24) is 9.80 Å². The van der Waals surface area contributed by atoms with Gasteiger partial charge in [-0.1, -0.05) is 22.9 Å². The Hall–Kier alpha value is -3.16. The van der Waals surface area contributed by atoms with Crippen LogP contribution in [0.2, 0.25) is 0 Å². The number of carbonyl (C=O) groups is 3. The second-order valence-electron chi connectivity index (χ2n) is 10.1. The molecule has 0 unspecified atom stereocenters. The Morgan fingerprint density at radius 1 is 1.21 bits per heavy atom. The van der Waals surface area contributed by atoms with E-state index in [2.05, 4.69) is 11.2 Å². The van der Waals surface area contributed by atoms with Crippen molar-refractivity contribution in [2.24, 2.45) is 11.1 Å². The predicted octanol–water partition coefficient (Wildman–Crippen LogP) is 4.29. The van der Waals surface area contributed by atoms with E-state index in [0.29, 0.717) is 12.1 Å². The Morgan fingerprint density at radius 3 is 2.59 bits per heavy atom. The van der Waals surface area contributed by atoms with Gasteiger partial charge < -0.3 is 15.2 Å². The molecule has 8 nitrogen and oxygen atoms in total. The van der Waals surface area contributed by atoms with Crippen LogP contribution in [0, 0.1) is 5.92 Å². The first-order valence-electron chi connectivity index (χ1n) is 12.0. The second kappa shape index (κ2) is 9.24. The lowest BCUT2D eigenvalue weighted by Gasteiger charge is -2.22. The number of aliphatic carboxylic acids is 1. The van der Waals surface area contributed by atoms with Gasteiger partial charge in [-0.2, -0.15) is 0 Å². The number of carboxylic acids is 1. The van der Waals surface area contributed by atoms with Crippen LogP contribution in [-0.2, 0) is 16.0 Å². The molecule has 1 fully saturated rings. The van der Waals surface area contributed by atoms with Crippen molar-refractivity contribution in [3.05, 3.63) is 40.5 Å². The van der Waals surface area contributed by atoms with E-state index in [-0.39, 0.29) is 31.3 Å². The normalized spacial score (nSPS) is 20.6. The maximum Gasteiger partial charge on any atom is 0.327 e. The molecule has 2 N–H and O–H groups in total. The molecule has 0 radical (unpaired) electrons. The van der Waals surface area contributed by atoms with Gasteiger partial charge in [-0.15, -0.1) is 0 Å². The third-order valence-corrected chi connectivity index (χ3v) is 7.72. The van der Waals surface area contributed by atoms with Crippen LogP contribution in [0.4, 0.5) is 4.79 Å². The smallest absolute Gasteiger partial charge is 0.327 e. The largest absolute Gasteiger partial charge is 0.481 e. The van der Waals surface area contributed by atoms with E-state index in [0.717, 1.165) is 24.8 Å². The molecule has 182 valence electrons. The molecule has 2 aliphatic carbocycles. The number of fused-ring (bicyclic) bond motifs is 2. The number of rotatable bonds is 8. The van der Waals surface area contributed by atoms with E-state index >= 15 is 0 Å². The van der Waals surface area contributed by atoms with Crippen LogP contribution in [0.5, 0.6) is 0 Å². The molecule has 34 heavy (non-hydrogen) atoms. The summed E-state index contributed by atoms with van der Waals surface area (Å²) in [6, 6.07) is 5.65. The summed E-state index contributed by atoms with van der Waals surface area (Å²) >= 11 is 0. The van der Waals surface area contributed by atoms with Crippen molar-refractivity contribution in [2.45, 2.75) is 70.8 Å². The minimum absolute atomic E-state index is 0.0745. The molecular formula is C26H33N3O5. The van der Waals surface area contributed by atoms with Gasteiger partial charge in [0, 0.05) is 20.0 Å². The fourth-order valence-corrected chi connectivity index (χ4v) is 5.37. The maximum absolute atomic E-state index is 12.5. The molecule has 1 saturated heterocycles. The minimum Gasteiger partial charge on any atom is -0.481 e. The first-order valence-corrected chi connectivity index (χ1v) is 12.0. The van der Waals surface area contributed by atoms with Crippen molar-refractivity contribution < 1.29 is 24.7 Å². The first-order chi connectivity index (χ1) is 16.1. The third kappa shape index (κ3) is 4.21. The van der Waals surface area contributed by atoms with Gasteiger partial charge in [0.1, 0.15) is 5.54 Å². The van der Waals surface area contributed by atoms with Crippen LogP contribution in [0.15, 0.2) is 28.9 Å². The van der Waals surface area contributed by atoms with Gasteiger partial charge in [0.25, 0.3) is 5.91 Å². The van der Waals surface area contributed by atoms with Crippen LogP contribution in [0.25, 0.3) is 5.57 Å². The van der Waals surface area contributed by atoms with E-state index in [4.69, 9.17) is 0 Å². The Morgan fingerprint density at radius 2 is 1.94 bits per heavy atom. The van der Waals surface area contributed by atoms with Crippen molar-refractivity contribution in [2.75, 3.05) is 13.6 Å². The van der Waals surface area contributed by atoms with Gasteiger partial charge in [0.05, 0.1) is 11.6 Å². The summed E-state index contributed by atoms with van der Waals surface area (Å²) in [4.78, 5) is 39.5. The summed E-state index contributed by atoms with van der Waals surface area (Å²) in [5, 5.41) is 22.9. The molecule has 3 aliphatic rings. The second-order valence-corrected chi connectivity index (χ2v) is 10.1. The number of urea groups is 1. The summed E-state index contributed by atoms with van der Waals surface area (Å²) in [5.41, 5.74) is 5.63. The molecule has 0 bridgehead atoms. The minimum atomic E-state index is -0.990. The molecule has 4 rings (SSSR count). The molecule has 0 spiro atoms. The van der Waals surface area contributed by atoms with E-state index in [1.54, 1.807) is 20.9 Å². The van der Waals surface area contributed by atoms with E-state index in [1.807, 2.05) is 12.1 Å². The van der Waals surface area contributed by atoms with Crippen molar-refractivity contribution in [3.8, 4) is 0 Å². The number of benzene rings is 1. The monoisotopic (exact) mass is 467 g/mol. The number of carboxylic acid groups (broad SMARTS) is 1. The van der Waals surface area contributed by atoms with E-state index < -0.39 is 17.4 Å². The molecule has 1 aliphatic heterocycles. The number of oxime groups is 1. The molecule has 1 aromatic carbocycles. The SMILES string of the molecule is CN1C(=O)N(CCC[C@H](CC(=NO)c2ccc3c(c2)CC2=C3CCCC2)C(=O)O)C(=O)C1(C)C. The summed E-state index contributed by atoms with van der Waals surface area (Å²) in [7, 11) is 1.59. The molecular weight excluding hydrogens is 434 g/mol. The highest BCUT2D eigenvalue weighted by atomic mass is 16.4. The number of carbonyl (C=O) groups excluding carboxylic acids is 2. The summed E-state index contributed by atoms with van der Waals surface area (Å²) in [5.74, 6) is -2.06. The highest BCUT2D eigenvalue weighted by Gasteiger charge is 2.48. The van der Waals surface area contributed by atoms with Crippen LogP contribution in [-0.4, -0.2) is 62.9 Å². The van der Waals surface area contributed by atoms with Crippen LogP contribution in [0.3, 0.4) is 0 Å². The lowest BCUT2D eigenvalue weighted by Crippen LogP contribution is -2.41. The molecule has 1 heterocycles. The van der Waals surface area contributed by atoms with Crippen molar-refractivity contribution in [1.29, 1.82) is 0 Å². The first kappa shape index (κ1) is 24.0. The molecule has 0 saturated carbocycles. The van der Waals surface area contributed by atoms with Crippen LogP contribution in [0.1, 0.15) is 75.5 Å². The van der Waals surface area contributed by atoms with Gasteiger partial charge in [0.2, 0.25) is 0 Å². The number of allylic oxidation sites excluding steroid dienone is 2. The van der Waals surface area contributed by atoms with Gasteiger partial charge in [0.15, 0.2) is 0 Å². The lowest BCUT2D eigenvalue weighted by atomic mass is 9.90. The highest BCUT2D eigenvalue weighted by molar-refractivity contribution is 6.06. The van der Waals surface area contributed by atoms with E-state index in [9.17, 15) is 24.7 Å². The zero-order valence-electron chi connectivity index (χ0n) is 20.1. The number of hydrogen-bond donors (Lipinski definition) is 2.